The zero-order chi connectivity index (χ0) is 21.1. The molecule has 1 fully saturated rings. The van der Waals surface area contributed by atoms with Crippen molar-refractivity contribution in [2.75, 3.05) is 26.4 Å². The molecule has 0 unspecified atom stereocenters. The lowest BCUT2D eigenvalue weighted by molar-refractivity contribution is 0.164. The van der Waals surface area contributed by atoms with E-state index in [9.17, 15) is 8.42 Å². The van der Waals surface area contributed by atoms with Crippen LogP contribution < -0.4 is 0 Å². The molecule has 0 aliphatic carbocycles. The third-order valence-electron chi connectivity index (χ3n) is 5.85. The highest BCUT2D eigenvalue weighted by Crippen LogP contribution is 2.26. The van der Waals surface area contributed by atoms with E-state index in [0.29, 0.717) is 0 Å². The molecular weight excluding hydrogens is 396 g/mol. The number of benzene rings is 2. The number of para-hydroxylation sites is 1. The number of hydrogen-bond acceptors (Lipinski definition) is 4. The van der Waals surface area contributed by atoms with E-state index < -0.39 is 10.0 Å². The van der Waals surface area contributed by atoms with Crippen molar-refractivity contribution in [3.8, 4) is 16.9 Å². The highest BCUT2D eigenvalue weighted by molar-refractivity contribution is 7.88. The molecule has 0 spiro atoms. The predicted molar refractivity (Wildman–Crippen MR) is 120 cm³/mol. The standard InChI is InChI=1S/C23H28N4O2S/c1-25(30(2,28)29)21-13-15-26(16-14-21)17-20-18-27(22-11-7-4-8-12-22)24-23(20)19-9-5-3-6-10-19/h3-12,18,21H,13-17H2,1-2H3. The molecule has 0 N–H and O–H groups in total. The first-order valence-electron chi connectivity index (χ1n) is 10.3. The Kier molecular flexibility index (Phi) is 6.04. The molecule has 2 heterocycles. The summed E-state index contributed by atoms with van der Waals surface area (Å²) in [6.45, 7) is 2.54. The SMILES string of the molecule is CN(C1CCN(Cc2cn(-c3ccccc3)nc2-c2ccccc2)CC1)S(C)(=O)=O. The van der Waals surface area contributed by atoms with Gasteiger partial charge in [0.05, 0.1) is 17.6 Å². The fourth-order valence-electron chi connectivity index (χ4n) is 4.03. The molecule has 1 aliphatic heterocycles. The van der Waals surface area contributed by atoms with Gasteiger partial charge in [0.1, 0.15) is 0 Å². The summed E-state index contributed by atoms with van der Waals surface area (Å²) < 4.78 is 27.2. The minimum atomic E-state index is -3.15. The van der Waals surface area contributed by atoms with Crippen LogP contribution >= 0.6 is 0 Å². The van der Waals surface area contributed by atoms with Crippen LogP contribution in [0.2, 0.25) is 0 Å². The number of piperidine rings is 1. The molecule has 1 aliphatic rings. The van der Waals surface area contributed by atoms with Crippen LogP contribution in [0.25, 0.3) is 16.9 Å². The fourth-order valence-corrected chi connectivity index (χ4v) is 4.78. The molecule has 4 rings (SSSR count). The van der Waals surface area contributed by atoms with Crippen molar-refractivity contribution in [3.05, 3.63) is 72.4 Å². The summed E-state index contributed by atoms with van der Waals surface area (Å²) in [5.74, 6) is 0. The summed E-state index contributed by atoms with van der Waals surface area (Å²) in [5, 5.41) is 4.89. The Hall–Kier alpha value is -2.48. The van der Waals surface area contributed by atoms with Crippen LogP contribution in [0.15, 0.2) is 66.9 Å². The predicted octanol–water partition coefficient (Wildman–Crippen LogP) is 3.40. The zero-order valence-corrected chi connectivity index (χ0v) is 18.3. The van der Waals surface area contributed by atoms with E-state index in [-0.39, 0.29) is 6.04 Å². The van der Waals surface area contributed by atoms with Gasteiger partial charge in [-0.1, -0.05) is 48.5 Å². The van der Waals surface area contributed by atoms with Crippen molar-refractivity contribution in [2.24, 2.45) is 0 Å². The molecule has 1 saturated heterocycles. The van der Waals surface area contributed by atoms with Gasteiger partial charge in [-0.25, -0.2) is 17.4 Å². The second-order valence-electron chi connectivity index (χ2n) is 7.94. The molecule has 158 valence electrons. The van der Waals surface area contributed by atoms with Crippen LogP contribution in [-0.4, -0.2) is 59.8 Å². The average molecular weight is 425 g/mol. The van der Waals surface area contributed by atoms with Gasteiger partial charge in [0, 0.05) is 50.0 Å². The number of rotatable bonds is 6. The molecule has 3 aromatic rings. The number of aromatic nitrogens is 2. The maximum absolute atomic E-state index is 11.8. The Labute approximate surface area is 178 Å². The topological polar surface area (TPSA) is 58.4 Å². The first-order chi connectivity index (χ1) is 14.4. The summed E-state index contributed by atoms with van der Waals surface area (Å²) >= 11 is 0. The highest BCUT2D eigenvalue weighted by Gasteiger charge is 2.27. The molecule has 0 saturated carbocycles. The molecule has 0 atom stereocenters. The number of sulfonamides is 1. The Morgan fingerprint density at radius 1 is 1.00 bits per heavy atom. The molecule has 7 heteroatoms. The van der Waals surface area contributed by atoms with Gasteiger partial charge in [0.2, 0.25) is 10.0 Å². The van der Waals surface area contributed by atoms with E-state index in [1.807, 2.05) is 41.1 Å². The molecule has 0 radical (unpaired) electrons. The van der Waals surface area contributed by atoms with Crippen molar-refractivity contribution in [3.63, 3.8) is 0 Å². The van der Waals surface area contributed by atoms with Crippen LogP contribution in [0.5, 0.6) is 0 Å². The van der Waals surface area contributed by atoms with Crippen LogP contribution in [0, 0.1) is 0 Å². The Morgan fingerprint density at radius 3 is 2.20 bits per heavy atom. The molecule has 1 aromatic heterocycles. The quantitative estimate of drug-likeness (QED) is 0.609. The van der Waals surface area contributed by atoms with E-state index in [1.54, 1.807) is 7.05 Å². The van der Waals surface area contributed by atoms with Gasteiger partial charge >= 0.3 is 0 Å². The average Bonchev–Trinajstić information content (AvgIpc) is 3.18. The largest absolute Gasteiger partial charge is 0.299 e. The van der Waals surface area contributed by atoms with Gasteiger partial charge in [0.25, 0.3) is 0 Å². The third-order valence-corrected chi connectivity index (χ3v) is 7.19. The summed E-state index contributed by atoms with van der Waals surface area (Å²) in [6.07, 6.45) is 5.09. The summed E-state index contributed by atoms with van der Waals surface area (Å²) in [7, 11) is -1.46. The normalized spacial score (nSPS) is 16.2. The Bertz CT molecular complexity index is 1070. The van der Waals surface area contributed by atoms with Crippen molar-refractivity contribution in [1.82, 2.24) is 19.0 Å². The lowest BCUT2D eigenvalue weighted by Gasteiger charge is -2.35. The monoisotopic (exact) mass is 424 g/mol. The number of likely N-dealkylation sites (tertiary alicyclic amines) is 1. The summed E-state index contributed by atoms with van der Waals surface area (Å²) in [5.41, 5.74) is 4.32. The number of nitrogens with zero attached hydrogens (tertiary/aromatic N) is 4. The van der Waals surface area contributed by atoms with Crippen molar-refractivity contribution in [1.29, 1.82) is 0 Å². The Morgan fingerprint density at radius 2 is 1.60 bits per heavy atom. The van der Waals surface area contributed by atoms with Gasteiger partial charge in [-0.3, -0.25) is 4.90 Å². The van der Waals surface area contributed by atoms with Crippen molar-refractivity contribution in [2.45, 2.75) is 25.4 Å². The second kappa shape index (κ2) is 8.71. The van der Waals surface area contributed by atoms with E-state index in [2.05, 4.69) is 35.4 Å². The van der Waals surface area contributed by atoms with Crippen LogP contribution in [0.3, 0.4) is 0 Å². The highest BCUT2D eigenvalue weighted by atomic mass is 32.2. The second-order valence-corrected chi connectivity index (χ2v) is 9.98. The first-order valence-corrected chi connectivity index (χ1v) is 12.1. The molecule has 0 bridgehead atoms. The molecule has 6 nitrogen and oxygen atoms in total. The van der Waals surface area contributed by atoms with Gasteiger partial charge in [-0.15, -0.1) is 0 Å². The van der Waals surface area contributed by atoms with E-state index in [4.69, 9.17) is 5.10 Å². The van der Waals surface area contributed by atoms with Crippen molar-refractivity contribution < 1.29 is 8.42 Å². The third kappa shape index (κ3) is 4.64. The maximum atomic E-state index is 11.8. The molecular formula is C23H28N4O2S. The van der Waals surface area contributed by atoms with Gasteiger partial charge in [0.15, 0.2) is 0 Å². The maximum Gasteiger partial charge on any atom is 0.211 e. The number of hydrogen-bond donors (Lipinski definition) is 0. The lowest BCUT2D eigenvalue weighted by Crippen LogP contribution is -2.44. The van der Waals surface area contributed by atoms with E-state index in [1.165, 1.54) is 16.1 Å². The van der Waals surface area contributed by atoms with Gasteiger partial charge in [-0.05, 0) is 25.0 Å². The molecule has 30 heavy (non-hydrogen) atoms. The van der Waals surface area contributed by atoms with E-state index >= 15 is 0 Å². The fraction of sp³-hybridized carbons (Fsp3) is 0.348. The first kappa shape index (κ1) is 20.8. The van der Waals surface area contributed by atoms with Crippen molar-refractivity contribution >= 4 is 10.0 Å². The lowest BCUT2D eigenvalue weighted by atomic mass is 10.0. The van der Waals surface area contributed by atoms with Gasteiger partial charge in [-0.2, -0.15) is 5.10 Å². The van der Waals surface area contributed by atoms with Crippen LogP contribution in [0.4, 0.5) is 0 Å². The summed E-state index contributed by atoms with van der Waals surface area (Å²) in [4.78, 5) is 2.39. The van der Waals surface area contributed by atoms with Crippen LogP contribution in [0.1, 0.15) is 18.4 Å². The zero-order valence-electron chi connectivity index (χ0n) is 17.5. The molecule has 0 amide bonds. The minimum Gasteiger partial charge on any atom is -0.299 e. The molecule has 2 aromatic carbocycles. The van der Waals surface area contributed by atoms with Crippen LogP contribution in [-0.2, 0) is 16.6 Å². The van der Waals surface area contributed by atoms with Gasteiger partial charge < -0.3 is 0 Å². The smallest absolute Gasteiger partial charge is 0.211 e. The van der Waals surface area contributed by atoms with E-state index in [0.717, 1.165) is 49.4 Å². The Balaban J connectivity index is 1.55. The minimum absolute atomic E-state index is 0.0804. The summed E-state index contributed by atoms with van der Waals surface area (Å²) in [6, 6.07) is 20.5.